The summed E-state index contributed by atoms with van der Waals surface area (Å²) in [5.41, 5.74) is 9.62. The molecule has 5 heteroatoms. The van der Waals surface area contributed by atoms with E-state index in [1.165, 1.54) is 0 Å². The Labute approximate surface area is 152 Å². The third-order valence-electron chi connectivity index (χ3n) is 3.96. The van der Waals surface area contributed by atoms with Crippen LogP contribution >= 0.6 is 0 Å². The summed E-state index contributed by atoms with van der Waals surface area (Å²) in [5, 5.41) is 2.86. The van der Waals surface area contributed by atoms with E-state index in [0.29, 0.717) is 17.9 Å². The van der Waals surface area contributed by atoms with E-state index in [0.717, 1.165) is 22.6 Å². The molecule has 0 unspecified atom stereocenters. The van der Waals surface area contributed by atoms with Gasteiger partial charge in [-0.2, -0.15) is 0 Å². The number of carbonyl (C=O) groups excluding carboxylic acids is 1. The number of amides is 1. The molecule has 1 aromatic heterocycles. The van der Waals surface area contributed by atoms with Crippen molar-refractivity contribution in [3.63, 3.8) is 0 Å². The molecule has 0 atom stereocenters. The molecule has 0 aliphatic carbocycles. The summed E-state index contributed by atoms with van der Waals surface area (Å²) in [5.74, 6) is 0.802. The number of para-hydroxylation sites is 1. The zero-order valence-corrected chi connectivity index (χ0v) is 14.8. The summed E-state index contributed by atoms with van der Waals surface area (Å²) in [6.45, 7) is 4.16. The van der Waals surface area contributed by atoms with Crippen LogP contribution in [0.1, 0.15) is 27.2 Å². The second-order valence-corrected chi connectivity index (χ2v) is 6.09. The number of benzene rings is 2. The molecule has 1 amide bonds. The zero-order valence-electron chi connectivity index (χ0n) is 14.8. The van der Waals surface area contributed by atoms with Crippen molar-refractivity contribution in [2.45, 2.75) is 20.5 Å². The molecule has 0 saturated heterocycles. The van der Waals surface area contributed by atoms with Crippen molar-refractivity contribution in [3.8, 4) is 5.75 Å². The van der Waals surface area contributed by atoms with Crippen molar-refractivity contribution in [2.24, 2.45) is 0 Å². The van der Waals surface area contributed by atoms with Gasteiger partial charge in [-0.1, -0.05) is 30.3 Å². The predicted octanol–water partition coefficient (Wildman–Crippen LogP) is 4.11. The molecule has 0 aliphatic rings. The summed E-state index contributed by atoms with van der Waals surface area (Å²) < 4.78 is 5.71. The third kappa shape index (κ3) is 4.19. The molecule has 0 bridgehead atoms. The molecule has 26 heavy (non-hydrogen) atoms. The van der Waals surface area contributed by atoms with Crippen LogP contribution in [0.2, 0.25) is 0 Å². The van der Waals surface area contributed by atoms with Gasteiger partial charge in [0, 0.05) is 11.4 Å². The Kier molecular flexibility index (Phi) is 5.17. The van der Waals surface area contributed by atoms with Crippen LogP contribution in [-0.4, -0.2) is 10.9 Å². The number of rotatable bonds is 5. The van der Waals surface area contributed by atoms with Crippen molar-refractivity contribution in [3.05, 3.63) is 83.0 Å². The molecule has 3 N–H and O–H groups in total. The van der Waals surface area contributed by atoms with Crippen LogP contribution in [0.25, 0.3) is 0 Å². The largest absolute Gasteiger partial charge is 0.489 e. The molecule has 1 heterocycles. The first-order chi connectivity index (χ1) is 12.5. The normalized spacial score (nSPS) is 10.4. The molecular weight excluding hydrogens is 326 g/mol. The van der Waals surface area contributed by atoms with Crippen LogP contribution in [0.5, 0.6) is 5.75 Å². The molecule has 0 spiro atoms. The highest BCUT2D eigenvalue weighted by Crippen LogP contribution is 2.19. The van der Waals surface area contributed by atoms with Gasteiger partial charge in [-0.15, -0.1) is 0 Å². The van der Waals surface area contributed by atoms with E-state index in [4.69, 9.17) is 10.5 Å². The first kappa shape index (κ1) is 17.5. The Morgan fingerprint density at radius 1 is 1.08 bits per heavy atom. The highest BCUT2D eigenvalue weighted by atomic mass is 16.5. The molecular formula is C21H21N3O2. The fraction of sp³-hybridized carbons (Fsp3) is 0.143. The second-order valence-electron chi connectivity index (χ2n) is 6.09. The number of hydrogen-bond donors (Lipinski definition) is 2. The number of nitrogens with zero attached hydrogens (tertiary/aromatic N) is 1. The monoisotopic (exact) mass is 347 g/mol. The van der Waals surface area contributed by atoms with E-state index in [1.54, 1.807) is 0 Å². The van der Waals surface area contributed by atoms with Crippen LogP contribution in [0.4, 0.5) is 11.5 Å². The van der Waals surface area contributed by atoms with Crippen molar-refractivity contribution in [1.82, 2.24) is 4.98 Å². The van der Waals surface area contributed by atoms with Gasteiger partial charge in [-0.25, -0.2) is 4.98 Å². The first-order valence-corrected chi connectivity index (χ1v) is 8.35. The van der Waals surface area contributed by atoms with Crippen molar-refractivity contribution in [1.29, 1.82) is 0 Å². The number of pyridine rings is 1. The smallest absolute Gasteiger partial charge is 0.259 e. The molecule has 0 saturated carbocycles. The maximum absolute atomic E-state index is 12.5. The van der Waals surface area contributed by atoms with Crippen LogP contribution in [0, 0.1) is 13.8 Å². The van der Waals surface area contributed by atoms with Crippen LogP contribution in [-0.2, 0) is 6.61 Å². The third-order valence-corrected chi connectivity index (χ3v) is 3.96. The number of ether oxygens (including phenoxy) is 1. The van der Waals surface area contributed by atoms with Gasteiger partial charge in [-0.05, 0) is 55.3 Å². The molecule has 132 valence electrons. The van der Waals surface area contributed by atoms with Crippen LogP contribution in [0.15, 0.2) is 60.7 Å². The number of aryl methyl sites for hydroxylation is 2. The maximum atomic E-state index is 12.5. The number of anilines is 2. The standard InChI is InChI=1S/C21H21N3O2/c1-14-12-15(2)23-20(22)19(14)21(25)24-17-10-8-16(9-11-17)13-26-18-6-4-3-5-7-18/h3-12H,13H2,1-2H3,(H2,22,23)(H,24,25). The molecule has 0 aliphatic heterocycles. The Morgan fingerprint density at radius 2 is 1.77 bits per heavy atom. The van der Waals surface area contributed by atoms with Crippen LogP contribution < -0.4 is 15.8 Å². The molecule has 0 radical (unpaired) electrons. The van der Waals surface area contributed by atoms with Gasteiger partial charge < -0.3 is 15.8 Å². The van der Waals surface area contributed by atoms with Crippen molar-refractivity contribution >= 4 is 17.4 Å². The number of nitrogens with two attached hydrogens (primary N) is 1. The quantitative estimate of drug-likeness (QED) is 0.728. The average molecular weight is 347 g/mol. The van der Waals surface area contributed by atoms with Gasteiger partial charge in [-0.3, -0.25) is 4.79 Å². The summed E-state index contributed by atoms with van der Waals surface area (Å²) >= 11 is 0. The van der Waals surface area contributed by atoms with Crippen LogP contribution in [0.3, 0.4) is 0 Å². The highest BCUT2D eigenvalue weighted by Gasteiger charge is 2.15. The minimum Gasteiger partial charge on any atom is -0.489 e. The SMILES string of the molecule is Cc1cc(C)c(C(=O)Nc2ccc(COc3ccccc3)cc2)c(N)n1. The lowest BCUT2D eigenvalue weighted by atomic mass is 10.1. The number of nitrogens with one attached hydrogen (secondary N) is 1. The van der Waals surface area contributed by atoms with Gasteiger partial charge in [0.1, 0.15) is 18.2 Å². The number of nitrogen functional groups attached to an aromatic ring is 1. The molecule has 3 aromatic rings. The fourth-order valence-electron chi connectivity index (χ4n) is 2.72. The molecule has 3 rings (SSSR count). The summed E-state index contributed by atoms with van der Waals surface area (Å²) in [7, 11) is 0. The molecule has 2 aromatic carbocycles. The first-order valence-electron chi connectivity index (χ1n) is 8.35. The maximum Gasteiger partial charge on any atom is 0.259 e. The Morgan fingerprint density at radius 3 is 2.42 bits per heavy atom. The Bertz CT molecular complexity index is 883. The lowest BCUT2D eigenvalue weighted by Crippen LogP contribution is -2.17. The van der Waals surface area contributed by atoms with E-state index in [9.17, 15) is 4.79 Å². The van der Waals surface area contributed by atoms with Gasteiger partial charge in [0.2, 0.25) is 0 Å². The lowest BCUT2D eigenvalue weighted by Gasteiger charge is -2.11. The minimum atomic E-state index is -0.263. The van der Waals surface area contributed by atoms with Gasteiger partial charge >= 0.3 is 0 Å². The fourth-order valence-corrected chi connectivity index (χ4v) is 2.72. The summed E-state index contributed by atoms with van der Waals surface area (Å²) in [6.07, 6.45) is 0. The zero-order chi connectivity index (χ0) is 18.5. The van der Waals surface area contributed by atoms with E-state index in [-0.39, 0.29) is 11.7 Å². The van der Waals surface area contributed by atoms with Gasteiger partial charge in [0.05, 0.1) is 5.56 Å². The topological polar surface area (TPSA) is 77.2 Å². The van der Waals surface area contributed by atoms with Gasteiger partial charge in [0.15, 0.2) is 0 Å². The second kappa shape index (κ2) is 7.70. The predicted molar refractivity (Wildman–Crippen MR) is 103 cm³/mol. The van der Waals surface area contributed by atoms with E-state index < -0.39 is 0 Å². The Balaban J connectivity index is 1.65. The minimum absolute atomic E-state index is 0.243. The average Bonchev–Trinajstić information content (AvgIpc) is 2.61. The highest BCUT2D eigenvalue weighted by molar-refractivity contribution is 6.08. The van der Waals surface area contributed by atoms with Gasteiger partial charge in [0.25, 0.3) is 5.91 Å². The molecule has 0 fully saturated rings. The summed E-state index contributed by atoms with van der Waals surface area (Å²) in [6, 6.07) is 19.0. The number of aromatic nitrogens is 1. The Hall–Kier alpha value is -3.34. The van der Waals surface area contributed by atoms with E-state index in [2.05, 4.69) is 10.3 Å². The number of hydrogen-bond acceptors (Lipinski definition) is 4. The molecule has 5 nitrogen and oxygen atoms in total. The number of carbonyl (C=O) groups is 1. The lowest BCUT2D eigenvalue weighted by molar-refractivity contribution is 0.102. The summed E-state index contributed by atoms with van der Waals surface area (Å²) in [4.78, 5) is 16.7. The van der Waals surface area contributed by atoms with E-state index in [1.807, 2.05) is 74.5 Å². The van der Waals surface area contributed by atoms with Crippen molar-refractivity contribution in [2.75, 3.05) is 11.1 Å². The van der Waals surface area contributed by atoms with E-state index >= 15 is 0 Å². The van der Waals surface area contributed by atoms with Crippen molar-refractivity contribution < 1.29 is 9.53 Å².